The second-order valence-corrected chi connectivity index (χ2v) is 2.33. The molecular weight excluding hydrogens is 174 g/mol. The van der Waals surface area contributed by atoms with E-state index in [4.69, 9.17) is 10.6 Å². The van der Waals surface area contributed by atoms with Crippen LogP contribution in [0.25, 0.3) is 0 Å². The Kier molecular flexibility index (Phi) is 5.62. The quantitative estimate of drug-likeness (QED) is 0.240. The normalized spacial score (nSPS) is 11.6. The number of carbonyl (C=O) groups is 2. The fourth-order valence-corrected chi connectivity index (χ4v) is 0.770. The summed E-state index contributed by atoms with van der Waals surface area (Å²) in [7, 11) is 0. The molecule has 0 rings (SSSR count). The van der Waals surface area contributed by atoms with Gasteiger partial charge < -0.3 is 10.1 Å². The van der Waals surface area contributed by atoms with Crippen LogP contribution in [0.5, 0.6) is 0 Å². The van der Waals surface area contributed by atoms with E-state index in [1.165, 1.54) is 0 Å². The summed E-state index contributed by atoms with van der Waals surface area (Å²) in [4.78, 5) is 21.9. The molecule has 0 heterocycles. The van der Waals surface area contributed by atoms with Crippen LogP contribution in [0.3, 0.4) is 0 Å². The van der Waals surface area contributed by atoms with Crippen LogP contribution < -0.4 is 16.6 Å². The minimum Gasteiger partial charge on any atom is -0.464 e. The maximum atomic E-state index is 11.1. The van der Waals surface area contributed by atoms with Crippen molar-refractivity contribution >= 4 is 12.0 Å². The van der Waals surface area contributed by atoms with Crippen LogP contribution in [0, 0.1) is 0 Å². The summed E-state index contributed by atoms with van der Waals surface area (Å²) in [5.74, 6) is 4.38. The van der Waals surface area contributed by atoms with Gasteiger partial charge in [0.2, 0.25) is 0 Å². The van der Waals surface area contributed by atoms with Crippen molar-refractivity contribution in [3.63, 3.8) is 0 Å². The smallest absolute Gasteiger partial charge is 0.329 e. The van der Waals surface area contributed by atoms with Gasteiger partial charge >= 0.3 is 12.0 Å². The van der Waals surface area contributed by atoms with Crippen LogP contribution >= 0.6 is 0 Å². The predicted octanol–water partition coefficient (Wildman–Crippen LogP) is -0.499. The summed E-state index contributed by atoms with van der Waals surface area (Å²) in [6.45, 7) is 3.76. The summed E-state index contributed by atoms with van der Waals surface area (Å²) in [6, 6.07) is -1.23. The van der Waals surface area contributed by atoms with Crippen molar-refractivity contribution < 1.29 is 14.3 Å². The molecule has 0 aromatic rings. The number of nitrogens with two attached hydrogens (primary N) is 1. The van der Waals surface area contributed by atoms with Crippen LogP contribution in [0.1, 0.15) is 20.3 Å². The van der Waals surface area contributed by atoms with Crippen LogP contribution in [-0.4, -0.2) is 24.6 Å². The molecule has 0 aliphatic rings. The van der Waals surface area contributed by atoms with Gasteiger partial charge in [-0.05, 0) is 13.3 Å². The molecule has 13 heavy (non-hydrogen) atoms. The number of amides is 2. The van der Waals surface area contributed by atoms with E-state index in [9.17, 15) is 9.59 Å². The Balaban J connectivity index is 4.01. The van der Waals surface area contributed by atoms with E-state index in [1.54, 1.807) is 13.8 Å². The molecule has 76 valence electrons. The van der Waals surface area contributed by atoms with Gasteiger partial charge in [0, 0.05) is 0 Å². The van der Waals surface area contributed by atoms with E-state index in [1.807, 2.05) is 5.43 Å². The minimum atomic E-state index is -0.636. The lowest BCUT2D eigenvalue weighted by atomic mass is 10.2. The first-order valence-electron chi connectivity index (χ1n) is 4.09. The predicted molar refractivity (Wildman–Crippen MR) is 46.6 cm³/mol. The van der Waals surface area contributed by atoms with Crippen molar-refractivity contribution in [2.75, 3.05) is 6.61 Å². The van der Waals surface area contributed by atoms with Gasteiger partial charge in [-0.25, -0.2) is 15.4 Å². The van der Waals surface area contributed by atoms with Gasteiger partial charge in [0.05, 0.1) is 6.61 Å². The summed E-state index contributed by atoms with van der Waals surface area (Å²) < 4.78 is 4.72. The second kappa shape index (κ2) is 6.24. The Labute approximate surface area is 76.8 Å². The monoisotopic (exact) mass is 189 g/mol. The number of nitrogens with one attached hydrogen (secondary N) is 2. The van der Waals surface area contributed by atoms with Gasteiger partial charge in [-0.3, -0.25) is 5.43 Å². The lowest BCUT2D eigenvalue weighted by molar-refractivity contribution is -0.145. The molecule has 0 saturated heterocycles. The highest BCUT2D eigenvalue weighted by Gasteiger charge is 2.18. The molecule has 0 aliphatic carbocycles. The van der Waals surface area contributed by atoms with Crippen LogP contribution in [0.15, 0.2) is 0 Å². The Morgan fingerprint density at radius 1 is 1.46 bits per heavy atom. The first-order chi connectivity index (χ1) is 6.15. The summed E-state index contributed by atoms with van der Waals surface area (Å²) in [5.41, 5.74) is 1.87. The van der Waals surface area contributed by atoms with Crippen molar-refractivity contribution in [3.8, 4) is 0 Å². The van der Waals surface area contributed by atoms with Crippen molar-refractivity contribution in [1.29, 1.82) is 0 Å². The third-order valence-electron chi connectivity index (χ3n) is 1.42. The molecule has 1 atom stereocenters. The van der Waals surface area contributed by atoms with Crippen LogP contribution in [0.4, 0.5) is 4.79 Å². The van der Waals surface area contributed by atoms with Crippen molar-refractivity contribution in [3.05, 3.63) is 0 Å². The summed E-state index contributed by atoms with van der Waals surface area (Å²) >= 11 is 0. The van der Waals surface area contributed by atoms with Crippen LogP contribution in [0.2, 0.25) is 0 Å². The Hall–Kier alpha value is -1.30. The Morgan fingerprint density at radius 3 is 2.46 bits per heavy atom. The van der Waals surface area contributed by atoms with E-state index in [-0.39, 0.29) is 0 Å². The molecule has 0 saturated carbocycles. The molecule has 1 unspecified atom stereocenters. The molecular formula is C7H15N3O3. The number of carbonyl (C=O) groups excluding carboxylic acids is 2. The zero-order valence-electron chi connectivity index (χ0n) is 7.79. The number of hydrogen-bond donors (Lipinski definition) is 3. The zero-order chi connectivity index (χ0) is 10.3. The second-order valence-electron chi connectivity index (χ2n) is 2.33. The molecule has 6 nitrogen and oxygen atoms in total. The van der Waals surface area contributed by atoms with E-state index in [0.29, 0.717) is 13.0 Å². The molecule has 0 radical (unpaired) electrons. The minimum absolute atomic E-state index is 0.293. The molecule has 0 aliphatic heterocycles. The topological polar surface area (TPSA) is 93.4 Å². The number of ether oxygens (including phenoxy) is 1. The Bertz CT molecular complexity index is 184. The Morgan fingerprint density at radius 2 is 2.08 bits per heavy atom. The molecule has 0 fully saturated rings. The molecule has 0 bridgehead atoms. The van der Waals surface area contributed by atoms with Crippen LogP contribution in [-0.2, 0) is 9.53 Å². The molecule has 2 amide bonds. The van der Waals surface area contributed by atoms with Gasteiger partial charge in [0.25, 0.3) is 0 Å². The molecule has 0 aromatic heterocycles. The number of hydrazine groups is 1. The van der Waals surface area contributed by atoms with Gasteiger partial charge in [0.15, 0.2) is 0 Å². The van der Waals surface area contributed by atoms with E-state index in [0.717, 1.165) is 0 Å². The molecule has 6 heteroatoms. The van der Waals surface area contributed by atoms with Gasteiger partial charge in [0.1, 0.15) is 6.04 Å². The average molecular weight is 189 g/mol. The lowest BCUT2D eigenvalue weighted by Crippen LogP contribution is -2.48. The fraction of sp³-hybridized carbons (Fsp3) is 0.714. The standard InChI is InChI=1S/C7H15N3O3/c1-3-5(6(11)13-4-2)9-7(12)10-8/h5H,3-4,8H2,1-2H3,(H2,9,10,12). The highest BCUT2D eigenvalue weighted by Crippen LogP contribution is 1.94. The van der Waals surface area contributed by atoms with Crippen molar-refractivity contribution in [2.24, 2.45) is 5.84 Å². The fourth-order valence-electron chi connectivity index (χ4n) is 0.770. The van der Waals surface area contributed by atoms with Crippen molar-refractivity contribution in [1.82, 2.24) is 10.7 Å². The number of rotatable bonds is 4. The molecule has 4 N–H and O–H groups in total. The summed E-state index contributed by atoms with van der Waals surface area (Å²) in [6.07, 6.45) is 0.465. The molecule has 0 spiro atoms. The van der Waals surface area contributed by atoms with Gasteiger partial charge in [-0.15, -0.1) is 0 Å². The number of esters is 1. The van der Waals surface area contributed by atoms with Crippen molar-refractivity contribution in [2.45, 2.75) is 26.3 Å². The highest BCUT2D eigenvalue weighted by molar-refractivity contribution is 5.83. The number of hydrogen-bond acceptors (Lipinski definition) is 4. The third-order valence-corrected chi connectivity index (χ3v) is 1.42. The first kappa shape index (κ1) is 11.7. The largest absolute Gasteiger partial charge is 0.464 e. The highest BCUT2D eigenvalue weighted by atomic mass is 16.5. The molecule has 0 aromatic carbocycles. The van der Waals surface area contributed by atoms with Gasteiger partial charge in [-0.1, -0.05) is 6.92 Å². The first-order valence-corrected chi connectivity index (χ1v) is 4.09. The zero-order valence-corrected chi connectivity index (χ0v) is 7.79. The lowest BCUT2D eigenvalue weighted by Gasteiger charge is -2.14. The summed E-state index contributed by atoms with van der Waals surface area (Å²) in [5, 5.41) is 2.35. The maximum Gasteiger partial charge on any atom is 0.329 e. The van der Waals surface area contributed by atoms with Gasteiger partial charge in [-0.2, -0.15) is 0 Å². The average Bonchev–Trinajstić information content (AvgIpc) is 2.14. The van der Waals surface area contributed by atoms with E-state index in [2.05, 4.69) is 5.32 Å². The third kappa shape index (κ3) is 4.32. The maximum absolute atomic E-state index is 11.1. The SMILES string of the molecule is CCOC(=O)C(CC)NC(=O)NN. The number of urea groups is 1. The van der Waals surface area contributed by atoms with E-state index >= 15 is 0 Å². The van der Waals surface area contributed by atoms with E-state index < -0.39 is 18.0 Å².